The molecule has 2 amide bonds. The summed E-state index contributed by atoms with van der Waals surface area (Å²) in [6.07, 6.45) is -4.90. The van der Waals surface area contributed by atoms with Gasteiger partial charge in [0.2, 0.25) is 0 Å². The first-order valence-electron chi connectivity index (χ1n) is 8.20. The van der Waals surface area contributed by atoms with Crippen LogP contribution in [0.4, 0.5) is 18.0 Å². The highest BCUT2D eigenvalue weighted by Crippen LogP contribution is 2.23. The molecule has 0 saturated carbocycles. The van der Waals surface area contributed by atoms with Gasteiger partial charge in [0.15, 0.2) is 0 Å². The molecule has 0 bridgehead atoms. The van der Waals surface area contributed by atoms with Crippen LogP contribution in [0.2, 0.25) is 0 Å². The van der Waals surface area contributed by atoms with Crippen molar-refractivity contribution in [2.75, 3.05) is 67.5 Å². The molecule has 2 rings (SSSR count). The third-order valence-corrected chi connectivity index (χ3v) is 4.15. The Labute approximate surface area is 151 Å². The number of carbonyl (C=O) groups is 2. The molecule has 11 heteroatoms. The molecule has 8 nitrogen and oxygen atoms in total. The van der Waals surface area contributed by atoms with E-state index in [9.17, 15) is 18.0 Å². The lowest BCUT2D eigenvalue weighted by molar-refractivity contribution is -0.192. The molecule has 0 aromatic rings. The van der Waals surface area contributed by atoms with E-state index in [2.05, 4.69) is 23.9 Å². The van der Waals surface area contributed by atoms with Gasteiger partial charge >= 0.3 is 18.2 Å². The number of amides is 2. The SMILES string of the molecule is CN(C)CCN1CCO[C@H]2CN(C(=O)N(C)C)C[C@H]21.O=C(O)C(F)(F)F. The van der Waals surface area contributed by atoms with E-state index < -0.39 is 12.1 Å². The predicted octanol–water partition coefficient (Wildman–Crippen LogP) is 0.248. The molecule has 2 atom stereocenters. The fraction of sp³-hybridized carbons (Fsp3) is 0.867. The zero-order chi connectivity index (χ0) is 20.1. The lowest BCUT2D eigenvalue weighted by Gasteiger charge is -2.37. The summed E-state index contributed by atoms with van der Waals surface area (Å²) < 4.78 is 37.6. The third kappa shape index (κ3) is 6.61. The van der Waals surface area contributed by atoms with Crippen molar-refractivity contribution >= 4 is 12.0 Å². The van der Waals surface area contributed by atoms with E-state index in [-0.39, 0.29) is 12.1 Å². The minimum absolute atomic E-state index is 0.0885. The summed E-state index contributed by atoms with van der Waals surface area (Å²) in [5.74, 6) is -2.76. The van der Waals surface area contributed by atoms with Crippen molar-refractivity contribution < 1.29 is 32.6 Å². The van der Waals surface area contributed by atoms with Gasteiger partial charge in [-0.2, -0.15) is 13.2 Å². The number of alkyl halides is 3. The molecule has 2 heterocycles. The first kappa shape index (κ1) is 22.5. The van der Waals surface area contributed by atoms with Gasteiger partial charge in [-0.05, 0) is 14.1 Å². The maximum Gasteiger partial charge on any atom is 0.490 e. The molecule has 0 aromatic carbocycles. The second-order valence-electron chi connectivity index (χ2n) is 6.70. The standard InChI is InChI=1S/C13H26N4O2.C2HF3O2/c1-14(2)5-6-16-7-8-19-12-10-17(9-11(12)16)13(18)15(3)4;3-2(4,5)1(6)7/h11-12H,5-10H2,1-4H3;(H,6,7)/t11-,12+;/m1./s1. The van der Waals surface area contributed by atoms with Crippen LogP contribution in [0.3, 0.4) is 0 Å². The lowest BCUT2D eigenvalue weighted by Crippen LogP contribution is -2.52. The quantitative estimate of drug-likeness (QED) is 0.752. The number of nitrogens with zero attached hydrogens (tertiary/aromatic N) is 4. The summed E-state index contributed by atoms with van der Waals surface area (Å²) in [5.41, 5.74) is 0. The highest BCUT2D eigenvalue weighted by atomic mass is 19.4. The van der Waals surface area contributed by atoms with E-state index in [1.807, 2.05) is 4.90 Å². The average Bonchev–Trinajstić information content (AvgIpc) is 2.96. The van der Waals surface area contributed by atoms with Gasteiger partial charge in [-0.1, -0.05) is 0 Å². The Balaban J connectivity index is 0.000000412. The lowest BCUT2D eigenvalue weighted by atomic mass is 10.1. The highest BCUT2D eigenvalue weighted by molar-refractivity contribution is 5.74. The number of hydrogen-bond donors (Lipinski definition) is 1. The summed E-state index contributed by atoms with van der Waals surface area (Å²) in [7, 11) is 7.78. The number of ether oxygens (including phenoxy) is 1. The van der Waals surface area contributed by atoms with Gasteiger partial charge in [0, 0.05) is 40.3 Å². The molecular formula is C15H27F3N4O4. The number of likely N-dealkylation sites (tertiary alicyclic amines) is 1. The topological polar surface area (TPSA) is 76.6 Å². The molecule has 0 spiro atoms. The molecule has 2 aliphatic heterocycles. The Bertz CT molecular complexity index is 488. The molecule has 2 aliphatic rings. The average molecular weight is 384 g/mol. The van der Waals surface area contributed by atoms with E-state index in [1.54, 1.807) is 19.0 Å². The van der Waals surface area contributed by atoms with E-state index >= 15 is 0 Å². The summed E-state index contributed by atoms with van der Waals surface area (Å²) in [6.45, 7) is 5.35. The molecule has 152 valence electrons. The van der Waals surface area contributed by atoms with Crippen LogP contribution in [0.25, 0.3) is 0 Å². The number of rotatable bonds is 3. The Morgan fingerprint density at radius 1 is 1.19 bits per heavy atom. The number of halogens is 3. The molecule has 0 aromatic heterocycles. The van der Waals surface area contributed by atoms with Gasteiger partial charge in [0.25, 0.3) is 0 Å². The van der Waals surface area contributed by atoms with Crippen LogP contribution in [-0.4, -0.2) is 123 Å². The number of urea groups is 1. The number of aliphatic carboxylic acids is 1. The van der Waals surface area contributed by atoms with Crippen molar-refractivity contribution in [3.05, 3.63) is 0 Å². The van der Waals surface area contributed by atoms with E-state index in [0.717, 1.165) is 39.3 Å². The van der Waals surface area contributed by atoms with Gasteiger partial charge in [-0.15, -0.1) is 0 Å². The fourth-order valence-corrected chi connectivity index (χ4v) is 2.80. The van der Waals surface area contributed by atoms with Crippen molar-refractivity contribution in [3.63, 3.8) is 0 Å². The molecule has 0 radical (unpaired) electrons. The number of carboxylic acid groups (broad SMARTS) is 1. The van der Waals surface area contributed by atoms with Crippen LogP contribution in [0.1, 0.15) is 0 Å². The zero-order valence-corrected chi connectivity index (χ0v) is 15.5. The normalized spacial score (nSPS) is 23.3. The van der Waals surface area contributed by atoms with Gasteiger partial charge in [-0.3, -0.25) is 4.90 Å². The summed E-state index contributed by atoms with van der Waals surface area (Å²) in [4.78, 5) is 29.1. The van der Waals surface area contributed by atoms with Crippen LogP contribution in [0.5, 0.6) is 0 Å². The Morgan fingerprint density at radius 3 is 2.23 bits per heavy atom. The Morgan fingerprint density at radius 2 is 1.77 bits per heavy atom. The van der Waals surface area contributed by atoms with E-state index in [0.29, 0.717) is 6.04 Å². The monoisotopic (exact) mass is 384 g/mol. The Hall–Kier alpha value is -1.59. The number of hydrogen-bond acceptors (Lipinski definition) is 5. The van der Waals surface area contributed by atoms with Crippen molar-refractivity contribution in [2.45, 2.75) is 18.3 Å². The molecule has 1 N–H and O–H groups in total. The zero-order valence-electron chi connectivity index (χ0n) is 15.5. The molecule has 2 saturated heterocycles. The molecule has 2 fully saturated rings. The van der Waals surface area contributed by atoms with Crippen LogP contribution < -0.4 is 0 Å². The minimum Gasteiger partial charge on any atom is -0.475 e. The maximum absolute atomic E-state index is 12.0. The Kier molecular flexibility index (Phi) is 8.10. The van der Waals surface area contributed by atoms with Crippen molar-refractivity contribution in [3.8, 4) is 0 Å². The summed E-state index contributed by atoms with van der Waals surface area (Å²) in [6, 6.07) is 0.447. The van der Waals surface area contributed by atoms with E-state index in [1.165, 1.54) is 0 Å². The number of morpholine rings is 1. The first-order valence-corrected chi connectivity index (χ1v) is 8.20. The second kappa shape index (κ2) is 9.38. The molecule has 26 heavy (non-hydrogen) atoms. The van der Waals surface area contributed by atoms with Gasteiger partial charge in [0.05, 0.1) is 25.3 Å². The molecular weight excluding hydrogens is 357 g/mol. The largest absolute Gasteiger partial charge is 0.490 e. The number of carbonyl (C=O) groups excluding carboxylic acids is 1. The molecule has 0 unspecified atom stereocenters. The fourth-order valence-electron chi connectivity index (χ4n) is 2.80. The smallest absolute Gasteiger partial charge is 0.475 e. The summed E-state index contributed by atoms with van der Waals surface area (Å²) in [5, 5.41) is 7.12. The van der Waals surface area contributed by atoms with Crippen LogP contribution >= 0.6 is 0 Å². The van der Waals surface area contributed by atoms with Crippen LogP contribution in [-0.2, 0) is 9.53 Å². The summed E-state index contributed by atoms with van der Waals surface area (Å²) >= 11 is 0. The predicted molar refractivity (Wildman–Crippen MR) is 88.0 cm³/mol. The van der Waals surface area contributed by atoms with Gasteiger partial charge in [-0.25, -0.2) is 9.59 Å². The van der Waals surface area contributed by atoms with Gasteiger partial charge < -0.3 is 24.5 Å². The van der Waals surface area contributed by atoms with Gasteiger partial charge in [0.1, 0.15) is 0 Å². The third-order valence-electron chi connectivity index (χ3n) is 4.15. The van der Waals surface area contributed by atoms with Crippen molar-refractivity contribution in [1.82, 2.24) is 19.6 Å². The number of carboxylic acids is 1. The van der Waals surface area contributed by atoms with Crippen molar-refractivity contribution in [2.24, 2.45) is 0 Å². The highest BCUT2D eigenvalue weighted by Gasteiger charge is 2.42. The minimum atomic E-state index is -5.08. The molecule has 0 aliphatic carbocycles. The van der Waals surface area contributed by atoms with Crippen LogP contribution in [0, 0.1) is 0 Å². The van der Waals surface area contributed by atoms with Crippen LogP contribution in [0.15, 0.2) is 0 Å². The number of likely N-dealkylation sites (N-methyl/N-ethyl adjacent to an activating group) is 1. The second-order valence-corrected chi connectivity index (χ2v) is 6.70. The number of fused-ring (bicyclic) bond motifs is 1. The van der Waals surface area contributed by atoms with Crippen molar-refractivity contribution in [1.29, 1.82) is 0 Å². The maximum atomic E-state index is 12.0. The first-order chi connectivity index (χ1) is 11.9. The van der Waals surface area contributed by atoms with E-state index in [4.69, 9.17) is 14.6 Å².